The van der Waals surface area contributed by atoms with Gasteiger partial charge in [-0.15, -0.1) is 0 Å². The first-order chi connectivity index (χ1) is 6.69. The van der Waals surface area contributed by atoms with Crippen molar-refractivity contribution < 1.29 is 0 Å². The summed E-state index contributed by atoms with van der Waals surface area (Å²) >= 11 is 0. The number of nitriles is 1. The number of nitrogens with zero attached hydrogens (tertiary/aromatic N) is 1. The Hall–Kier alpha value is -1.29. The molecule has 1 heteroatoms. The van der Waals surface area contributed by atoms with Crippen molar-refractivity contribution in [3.05, 3.63) is 35.4 Å². The van der Waals surface area contributed by atoms with E-state index >= 15 is 0 Å². The van der Waals surface area contributed by atoms with Gasteiger partial charge < -0.3 is 0 Å². The van der Waals surface area contributed by atoms with Gasteiger partial charge in [0, 0.05) is 5.92 Å². The molecule has 0 saturated heterocycles. The third kappa shape index (κ3) is 1.42. The average molecular weight is 185 g/mol. The van der Waals surface area contributed by atoms with Crippen LogP contribution in [0.15, 0.2) is 24.3 Å². The normalized spacial score (nSPS) is 29.6. The summed E-state index contributed by atoms with van der Waals surface area (Å²) in [6.45, 7) is 4.21. The van der Waals surface area contributed by atoms with Crippen molar-refractivity contribution in [1.29, 1.82) is 5.26 Å². The standard InChI is InChI=1S/C13H15N/c1-3-10-4-6-11(7-5-10)12-8-13(12,2)9-14/h4-7,12H,3,8H2,1-2H3. The van der Waals surface area contributed by atoms with E-state index in [9.17, 15) is 0 Å². The molecule has 0 heterocycles. The Balaban J connectivity index is 2.17. The molecule has 1 aromatic rings. The molecular formula is C13H15N. The lowest BCUT2D eigenvalue weighted by atomic mass is 10.0. The van der Waals surface area contributed by atoms with Crippen molar-refractivity contribution in [2.75, 3.05) is 0 Å². The van der Waals surface area contributed by atoms with E-state index in [1.807, 2.05) is 6.92 Å². The fourth-order valence-electron chi connectivity index (χ4n) is 1.96. The van der Waals surface area contributed by atoms with E-state index in [1.165, 1.54) is 11.1 Å². The number of hydrogen-bond donors (Lipinski definition) is 0. The minimum atomic E-state index is -0.0896. The van der Waals surface area contributed by atoms with Crippen LogP contribution in [0.4, 0.5) is 0 Å². The Bertz CT molecular complexity index is 371. The van der Waals surface area contributed by atoms with Crippen LogP contribution in [0.2, 0.25) is 0 Å². The summed E-state index contributed by atoms with van der Waals surface area (Å²) < 4.78 is 0. The first-order valence-electron chi connectivity index (χ1n) is 5.19. The van der Waals surface area contributed by atoms with Crippen LogP contribution in [0.3, 0.4) is 0 Å². The largest absolute Gasteiger partial charge is 0.198 e. The molecular weight excluding hydrogens is 170 g/mol. The van der Waals surface area contributed by atoms with Gasteiger partial charge in [-0.1, -0.05) is 31.2 Å². The first-order valence-corrected chi connectivity index (χ1v) is 5.19. The van der Waals surface area contributed by atoms with Gasteiger partial charge in [-0.25, -0.2) is 0 Å². The Morgan fingerprint density at radius 1 is 1.43 bits per heavy atom. The zero-order valence-electron chi connectivity index (χ0n) is 8.75. The molecule has 2 rings (SSSR count). The van der Waals surface area contributed by atoms with Gasteiger partial charge in [-0.3, -0.25) is 0 Å². The van der Waals surface area contributed by atoms with Crippen LogP contribution in [0, 0.1) is 16.7 Å². The molecule has 1 saturated carbocycles. The van der Waals surface area contributed by atoms with Gasteiger partial charge in [-0.05, 0) is 30.9 Å². The molecule has 0 radical (unpaired) electrons. The lowest BCUT2D eigenvalue weighted by Crippen LogP contribution is -1.92. The molecule has 0 spiro atoms. The molecule has 2 atom stereocenters. The third-order valence-electron chi connectivity index (χ3n) is 3.28. The molecule has 1 aliphatic carbocycles. The zero-order valence-corrected chi connectivity index (χ0v) is 8.75. The summed E-state index contributed by atoms with van der Waals surface area (Å²) in [6.07, 6.45) is 2.11. The van der Waals surface area contributed by atoms with Crippen molar-refractivity contribution in [2.24, 2.45) is 5.41 Å². The second-order valence-electron chi connectivity index (χ2n) is 4.38. The molecule has 0 amide bonds. The SMILES string of the molecule is CCc1ccc(C2CC2(C)C#N)cc1. The van der Waals surface area contributed by atoms with E-state index in [0.29, 0.717) is 5.92 Å². The van der Waals surface area contributed by atoms with Crippen LogP contribution < -0.4 is 0 Å². The number of aryl methyl sites for hydroxylation is 1. The molecule has 0 aromatic heterocycles. The van der Waals surface area contributed by atoms with Crippen LogP contribution in [0.1, 0.15) is 37.3 Å². The quantitative estimate of drug-likeness (QED) is 0.693. The van der Waals surface area contributed by atoms with Gasteiger partial charge in [0.1, 0.15) is 0 Å². The Morgan fingerprint density at radius 3 is 2.50 bits per heavy atom. The topological polar surface area (TPSA) is 23.8 Å². The molecule has 1 nitrogen and oxygen atoms in total. The van der Waals surface area contributed by atoms with Crippen molar-refractivity contribution >= 4 is 0 Å². The second kappa shape index (κ2) is 3.13. The highest BCUT2D eigenvalue weighted by molar-refractivity contribution is 5.35. The summed E-state index contributed by atoms with van der Waals surface area (Å²) in [4.78, 5) is 0. The average Bonchev–Trinajstić information content (AvgIpc) is 2.92. The molecule has 0 aliphatic heterocycles. The molecule has 0 bridgehead atoms. The molecule has 1 aromatic carbocycles. The van der Waals surface area contributed by atoms with Crippen LogP contribution in [0.5, 0.6) is 0 Å². The predicted octanol–water partition coefficient (Wildman–Crippen LogP) is 3.27. The maximum absolute atomic E-state index is 8.95. The maximum atomic E-state index is 8.95. The van der Waals surface area contributed by atoms with Crippen molar-refractivity contribution in [3.63, 3.8) is 0 Å². The van der Waals surface area contributed by atoms with Gasteiger partial charge in [0.2, 0.25) is 0 Å². The number of rotatable bonds is 2. The Kier molecular flexibility index (Phi) is 2.07. The predicted molar refractivity (Wildman–Crippen MR) is 56.9 cm³/mol. The molecule has 1 fully saturated rings. The van der Waals surface area contributed by atoms with Crippen LogP contribution in [-0.4, -0.2) is 0 Å². The summed E-state index contributed by atoms with van der Waals surface area (Å²) in [6, 6.07) is 11.1. The highest BCUT2D eigenvalue weighted by atomic mass is 14.5. The van der Waals surface area contributed by atoms with Gasteiger partial charge >= 0.3 is 0 Å². The molecule has 72 valence electrons. The van der Waals surface area contributed by atoms with Crippen LogP contribution in [-0.2, 0) is 6.42 Å². The van der Waals surface area contributed by atoms with Gasteiger partial charge in [0.25, 0.3) is 0 Å². The third-order valence-corrected chi connectivity index (χ3v) is 3.28. The van der Waals surface area contributed by atoms with E-state index in [1.54, 1.807) is 0 Å². The van der Waals surface area contributed by atoms with Gasteiger partial charge in [-0.2, -0.15) is 5.26 Å². The van der Waals surface area contributed by atoms with Crippen molar-refractivity contribution in [3.8, 4) is 6.07 Å². The second-order valence-corrected chi connectivity index (χ2v) is 4.38. The maximum Gasteiger partial charge on any atom is 0.0693 e. The smallest absolute Gasteiger partial charge is 0.0693 e. The summed E-state index contributed by atoms with van der Waals surface area (Å²) in [7, 11) is 0. The highest BCUT2D eigenvalue weighted by Gasteiger charge is 2.51. The monoisotopic (exact) mass is 185 g/mol. The fraction of sp³-hybridized carbons (Fsp3) is 0.462. The van der Waals surface area contributed by atoms with E-state index in [-0.39, 0.29) is 5.41 Å². The highest BCUT2D eigenvalue weighted by Crippen LogP contribution is 2.58. The van der Waals surface area contributed by atoms with Gasteiger partial charge in [0.05, 0.1) is 11.5 Å². The van der Waals surface area contributed by atoms with Crippen LogP contribution in [0.25, 0.3) is 0 Å². The molecule has 1 aliphatic rings. The summed E-state index contributed by atoms with van der Waals surface area (Å²) in [5, 5.41) is 8.95. The Labute approximate surface area is 85.4 Å². The van der Waals surface area contributed by atoms with E-state index in [4.69, 9.17) is 5.26 Å². The van der Waals surface area contributed by atoms with Gasteiger partial charge in [0.15, 0.2) is 0 Å². The van der Waals surface area contributed by atoms with E-state index in [0.717, 1.165) is 12.8 Å². The first kappa shape index (κ1) is 9.27. The number of benzene rings is 1. The minimum Gasteiger partial charge on any atom is -0.198 e. The lowest BCUT2D eigenvalue weighted by molar-refractivity contribution is 0.727. The van der Waals surface area contributed by atoms with Crippen molar-refractivity contribution in [2.45, 2.75) is 32.6 Å². The van der Waals surface area contributed by atoms with Crippen molar-refractivity contribution in [1.82, 2.24) is 0 Å². The molecule has 2 unspecified atom stereocenters. The summed E-state index contributed by atoms with van der Waals surface area (Å²) in [5.41, 5.74) is 2.60. The van der Waals surface area contributed by atoms with E-state index < -0.39 is 0 Å². The zero-order chi connectivity index (χ0) is 10.2. The molecule has 14 heavy (non-hydrogen) atoms. The lowest BCUT2D eigenvalue weighted by Gasteiger charge is -2.02. The summed E-state index contributed by atoms with van der Waals surface area (Å²) in [5.74, 6) is 0.471. The molecule has 0 N–H and O–H groups in total. The van der Waals surface area contributed by atoms with E-state index in [2.05, 4.69) is 37.3 Å². The van der Waals surface area contributed by atoms with Crippen LogP contribution >= 0.6 is 0 Å². The fourth-order valence-corrected chi connectivity index (χ4v) is 1.96. The number of hydrogen-bond acceptors (Lipinski definition) is 1. The Morgan fingerprint density at radius 2 is 2.07 bits per heavy atom. The minimum absolute atomic E-state index is 0.0896.